The van der Waals surface area contributed by atoms with Crippen molar-refractivity contribution in [1.82, 2.24) is 4.72 Å². The highest BCUT2D eigenvalue weighted by Gasteiger charge is 2.52. The highest BCUT2D eigenvalue weighted by Crippen LogP contribution is 2.46. The smallest absolute Gasteiger partial charge is 0.242 e. The number of anilines is 1. The predicted octanol–water partition coefficient (Wildman–Crippen LogP) is 0.946. The van der Waals surface area contributed by atoms with Gasteiger partial charge < -0.3 is 10.0 Å². The molecule has 0 aromatic heterocycles. The summed E-state index contributed by atoms with van der Waals surface area (Å²) < 4.78 is 26.9. The van der Waals surface area contributed by atoms with Crippen LogP contribution in [0.4, 0.5) is 5.69 Å². The van der Waals surface area contributed by atoms with Gasteiger partial charge >= 0.3 is 0 Å². The Kier molecular flexibility index (Phi) is 3.27. The molecule has 110 valence electrons. The van der Waals surface area contributed by atoms with Crippen molar-refractivity contribution in [2.24, 2.45) is 5.92 Å². The zero-order valence-corrected chi connectivity index (χ0v) is 12.4. The number of nitrogens with one attached hydrogen (secondary N) is 1. The Balaban J connectivity index is 1.85. The number of para-hydroxylation sites is 1. The Labute approximate surface area is 119 Å². The van der Waals surface area contributed by atoms with E-state index in [9.17, 15) is 13.5 Å². The average Bonchev–Trinajstić information content (AvgIpc) is 3.19. The van der Waals surface area contributed by atoms with Crippen molar-refractivity contribution < 1.29 is 13.5 Å². The largest absolute Gasteiger partial charge is 0.386 e. The number of aliphatic hydroxyl groups is 1. The second-order valence-electron chi connectivity index (χ2n) is 5.70. The molecule has 0 spiro atoms. The fourth-order valence-corrected chi connectivity index (χ4v) is 4.14. The molecule has 2 fully saturated rings. The lowest BCUT2D eigenvalue weighted by Crippen LogP contribution is -2.63. The van der Waals surface area contributed by atoms with Gasteiger partial charge in [-0.15, -0.1) is 0 Å². The van der Waals surface area contributed by atoms with Crippen molar-refractivity contribution in [1.29, 1.82) is 0 Å². The summed E-state index contributed by atoms with van der Waals surface area (Å²) in [4.78, 5) is 2.24. The fourth-order valence-electron chi connectivity index (χ4n) is 2.88. The normalized spacial score (nSPS) is 21.6. The Morgan fingerprint density at radius 3 is 2.60 bits per heavy atom. The lowest BCUT2D eigenvalue weighted by Gasteiger charge is -2.48. The first kappa shape index (κ1) is 13.9. The maximum Gasteiger partial charge on any atom is 0.242 e. The van der Waals surface area contributed by atoms with Crippen LogP contribution in [0.25, 0.3) is 0 Å². The maximum atomic E-state index is 12.2. The SMILES string of the molecule is CCNS(=O)(=O)c1ccccc1N1CC(O)(C2CC2)C1. The maximum absolute atomic E-state index is 12.2. The molecule has 1 heterocycles. The molecule has 0 bridgehead atoms. The first-order valence-electron chi connectivity index (χ1n) is 7.02. The van der Waals surface area contributed by atoms with Crippen LogP contribution in [-0.4, -0.2) is 38.8 Å². The molecular weight excluding hydrogens is 276 g/mol. The molecule has 20 heavy (non-hydrogen) atoms. The molecule has 2 aliphatic rings. The molecule has 5 nitrogen and oxygen atoms in total. The predicted molar refractivity (Wildman–Crippen MR) is 77.2 cm³/mol. The van der Waals surface area contributed by atoms with Crippen molar-refractivity contribution >= 4 is 15.7 Å². The third-order valence-corrected chi connectivity index (χ3v) is 5.69. The molecule has 2 N–H and O–H groups in total. The number of hydrogen-bond acceptors (Lipinski definition) is 4. The van der Waals surface area contributed by atoms with E-state index in [4.69, 9.17) is 0 Å². The highest BCUT2D eigenvalue weighted by molar-refractivity contribution is 7.89. The molecule has 6 heteroatoms. The summed E-state index contributed by atoms with van der Waals surface area (Å²) in [5.74, 6) is 0.399. The number of benzene rings is 1. The molecule has 3 rings (SSSR count). The minimum Gasteiger partial charge on any atom is -0.386 e. The molecule has 0 radical (unpaired) electrons. The van der Waals surface area contributed by atoms with Crippen molar-refractivity contribution in [2.75, 3.05) is 24.5 Å². The van der Waals surface area contributed by atoms with Crippen LogP contribution in [0.15, 0.2) is 29.2 Å². The molecule has 0 unspecified atom stereocenters. The van der Waals surface area contributed by atoms with Crippen molar-refractivity contribution in [3.8, 4) is 0 Å². The van der Waals surface area contributed by atoms with Crippen LogP contribution in [-0.2, 0) is 10.0 Å². The van der Waals surface area contributed by atoms with E-state index in [-0.39, 0.29) is 0 Å². The van der Waals surface area contributed by atoms with Gasteiger partial charge in [0.1, 0.15) is 10.5 Å². The van der Waals surface area contributed by atoms with Gasteiger partial charge in [-0.25, -0.2) is 13.1 Å². The summed E-state index contributed by atoms with van der Waals surface area (Å²) in [7, 11) is -3.48. The summed E-state index contributed by atoms with van der Waals surface area (Å²) in [6.45, 7) is 3.17. The van der Waals surface area contributed by atoms with Crippen LogP contribution in [0.2, 0.25) is 0 Å². The number of hydrogen-bond donors (Lipinski definition) is 2. The number of nitrogens with zero attached hydrogens (tertiary/aromatic N) is 1. The van der Waals surface area contributed by atoms with Crippen LogP contribution in [0, 0.1) is 5.92 Å². The topological polar surface area (TPSA) is 69.6 Å². The zero-order valence-electron chi connectivity index (χ0n) is 11.5. The Hall–Kier alpha value is -1.11. The Morgan fingerprint density at radius 2 is 2.00 bits per heavy atom. The Morgan fingerprint density at radius 1 is 1.35 bits per heavy atom. The van der Waals surface area contributed by atoms with Crippen LogP contribution >= 0.6 is 0 Å². The Bertz CT molecular complexity index is 605. The molecule has 0 amide bonds. The van der Waals surface area contributed by atoms with Crippen molar-refractivity contribution in [3.05, 3.63) is 24.3 Å². The van der Waals surface area contributed by atoms with Crippen LogP contribution in [0.3, 0.4) is 0 Å². The van der Waals surface area contributed by atoms with E-state index in [0.717, 1.165) is 12.8 Å². The fraction of sp³-hybridized carbons (Fsp3) is 0.571. The minimum absolute atomic E-state index is 0.291. The zero-order chi connectivity index (χ0) is 14.4. The third-order valence-electron chi connectivity index (χ3n) is 4.10. The third kappa shape index (κ3) is 2.32. The lowest BCUT2D eigenvalue weighted by molar-refractivity contribution is -0.00958. The summed E-state index contributed by atoms with van der Waals surface area (Å²) >= 11 is 0. The lowest BCUT2D eigenvalue weighted by atomic mass is 9.88. The van der Waals surface area contributed by atoms with E-state index in [1.54, 1.807) is 25.1 Å². The quantitative estimate of drug-likeness (QED) is 0.848. The van der Waals surface area contributed by atoms with Gasteiger partial charge in [-0.05, 0) is 30.9 Å². The monoisotopic (exact) mass is 296 g/mol. The molecular formula is C14H20N2O3S. The first-order valence-corrected chi connectivity index (χ1v) is 8.50. The summed E-state index contributed by atoms with van der Waals surface area (Å²) in [6, 6.07) is 6.97. The van der Waals surface area contributed by atoms with Gasteiger partial charge in [-0.2, -0.15) is 0 Å². The molecule has 1 aliphatic carbocycles. The number of β-amino-alcohol motifs (C(OH)–C–C–N with tert-alkyl or cyclic N) is 1. The molecule has 1 aromatic carbocycles. The molecule has 1 saturated heterocycles. The van der Waals surface area contributed by atoms with E-state index in [1.165, 1.54) is 0 Å². The van der Waals surface area contributed by atoms with Crippen molar-refractivity contribution in [2.45, 2.75) is 30.3 Å². The van der Waals surface area contributed by atoms with Crippen LogP contribution < -0.4 is 9.62 Å². The van der Waals surface area contributed by atoms with Crippen LogP contribution in [0.1, 0.15) is 19.8 Å². The molecule has 1 aliphatic heterocycles. The second kappa shape index (κ2) is 4.72. The van der Waals surface area contributed by atoms with Gasteiger partial charge in [0, 0.05) is 19.6 Å². The number of rotatable bonds is 5. The summed E-state index contributed by atoms with van der Waals surface area (Å²) in [5.41, 5.74) is 0.0634. The minimum atomic E-state index is -3.48. The first-order chi connectivity index (χ1) is 9.46. The van der Waals surface area contributed by atoms with Crippen LogP contribution in [0.5, 0.6) is 0 Å². The standard InChI is InChI=1S/C14H20N2O3S/c1-2-15-20(18,19)13-6-4-3-5-12(13)16-9-14(17,10-16)11-7-8-11/h3-6,11,15,17H,2,7-10H2,1H3. The molecule has 1 aromatic rings. The summed E-state index contributed by atoms with van der Waals surface area (Å²) in [5, 5.41) is 10.4. The van der Waals surface area contributed by atoms with Gasteiger partial charge in [0.2, 0.25) is 10.0 Å². The summed E-state index contributed by atoms with van der Waals surface area (Å²) in [6.07, 6.45) is 2.17. The average molecular weight is 296 g/mol. The molecule has 0 atom stereocenters. The van der Waals surface area contributed by atoms with Gasteiger partial charge in [0.25, 0.3) is 0 Å². The van der Waals surface area contributed by atoms with Gasteiger partial charge in [-0.3, -0.25) is 0 Å². The van der Waals surface area contributed by atoms with Gasteiger partial charge in [0.05, 0.1) is 5.69 Å². The highest BCUT2D eigenvalue weighted by atomic mass is 32.2. The van der Waals surface area contributed by atoms with E-state index in [1.807, 2.05) is 11.0 Å². The molecule has 1 saturated carbocycles. The van der Waals surface area contributed by atoms with Crippen molar-refractivity contribution in [3.63, 3.8) is 0 Å². The van der Waals surface area contributed by atoms with E-state index in [0.29, 0.717) is 36.1 Å². The number of sulfonamides is 1. The van der Waals surface area contributed by atoms with E-state index < -0.39 is 15.6 Å². The van der Waals surface area contributed by atoms with E-state index in [2.05, 4.69) is 4.72 Å². The van der Waals surface area contributed by atoms with Gasteiger partial charge in [-0.1, -0.05) is 19.1 Å². The van der Waals surface area contributed by atoms with E-state index >= 15 is 0 Å². The van der Waals surface area contributed by atoms with Gasteiger partial charge in [0.15, 0.2) is 0 Å². The second-order valence-corrected chi connectivity index (χ2v) is 7.44.